The molecule has 0 saturated heterocycles. The topological polar surface area (TPSA) is 3.24 Å². The molecule has 3 aliphatic rings. The molecule has 0 N–H and O–H groups in total. The van der Waals surface area contributed by atoms with Crippen molar-refractivity contribution in [2.45, 2.75) is 31.1 Å². The summed E-state index contributed by atoms with van der Waals surface area (Å²) in [7, 11) is 0. The van der Waals surface area contributed by atoms with E-state index in [0.29, 0.717) is 0 Å². The van der Waals surface area contributed by atoms with E-state index in [0.717, 1.165) is 24.2 Å². The summed E-state index contributed by atoms with van der Waals surface area (Å²) >= 11 is 0. The van der Waals surface area contributed by atoms with E-state index < -0.39 is 0 Å². The summed E-state index contributed by atoms with van der Waals surface area (Å²) in [6.07, 6.45) is 15.2. The fraction of sp³-hybridized carbons (Fsp3) is 0.0980. The molecule has 52 heavy (non-hydrogen) atoms. The fourth-order valence-electron chi connectivity index (χ4n) is 9.03. The summed E-state index contributed by atoms with van der Waals surface area (Å²) in [5, 5.41) is 0. The van der Waals surface area contributed by atoms with Crippen LogP contribution in [0.15, 0.2) is 206 Å². The third kappa shape index (κ3) is 5.00. The lowest BCUT2D eigenvalue weighted by atomic mass is 9.68. The lowest BCUT2D eigenvalue weighted by Gasteiger charge is -2.34. The van der Waals surface area contributed by atoms with Gasteiger partial charge in [0.2, 0.25) is 0 Å². The summed E-state index contributed by atoms with van der Waals surface area (Å²) in [5.74, 6) is 0.155. The van der Waals surface area contributed by atoms with Gasteiger partial charge in [-0.05, 0) is 106 Å². The van der Waals surface area contributed by atoms with Gasteiger partial charge >= 0.3 is 0 Å². The maximum Gasteiger partial charge on any atom is 0.0722 e. The third-order valence-corrected chi connectivity index (χ3v) is 11.1. The summed E-state index contributed by atoms with van der Waals surface area (Å²) in [5.41, 5.74) is 17.9. The molecule has 1 heteroatoms. The van der Waals surface area contributed by atoms with Gasteiger partial charge in [0.1, 0.15) is 0 Å². The van der Waals surface area contributed by atoms with E-state index in [-0.39, 0.29) is 11.3 Å². The highest BCUT2D eigenvalue weighted by Crippen LogP contribution is 2.65. The van der Waals surface area contributed by atoms with Crippen molar-refractivity contribution in [2.24, 2.45) is 0 Å². The number of anilines is 2. The van der Waals surface area contributed by atoms with Crippen LogP contribution in [-0.4, -0.2) is 0 Å². The molecular formula is C51H41N. The number of rotatable bonds is 8. The molecular weight excluding hydrogens is 627 g/mol. The average Bonchev–Trinajstić information content (AvgIpc) is 3.67. The monoisotopic (exact) mass is 667 g/mol. The van der Waals surface area contributed by atoms with Gasteiger partial charge in [-0.15, -0.1) is 0 Å². The molecule has 6 aromatic rings. The van der Waals surface area contributed by atoms with Crippen LogP contribution < -0.4 is 4.90 Å². The molecule has 0 saturated carbocycles. The maximum absolute atomic E-state index is 4.16. The predicted octanol–water partition coefficient (Wildman–Crippen LogP) is 12.8. The van der Waals surface area contributed by atoms with Crippen molar-refractivity contribution in [3.63, 3.8) is 0 Å². The molecule has 0 aliphatic heterocycles. The Labute approximate surface area is 307 Å². The van der Waals surface area contributed by atoms with E-state index in [4.69, 9.17) is 0 Å². The van der Waals surface area contributed by atoms with Crippen LogP contribution in [0.5, 0.6) is 0 Å². The lowest BCUT2D eigenvalue weighted by Crippen LogP contribution is -2.27. The number of hydrogen-bond donors (Lipinski definition) is 0. The highest BCUT2D eigenvalue weighted by molar-refractivity contribution is 5.98. The van der Waals surface area contributed by atoms with Gasteiger partial charge in [0.15, 0.2) is 0 Å². The Morgan fingerprint density at radius 2 is 1.29 bits per heavy atom. The number of benzene rings is 6. The fourth-order valence-corrected chi connectivity index (χ4v) is 9.03. The molecule has 250 valence electrons. The second-order valence-electron chi connectivity index (χ2n) is 14.1. The Balaban J connectivity index is 1.24. The van der Waals surface area contributed by atoms with Crippen molar-refractivity contribution in [1.82, 2.24) is 0 Å². The van der Waals surface area contributed by atoms with Crippen molar-refractivity contribution >= 4 is 16.9 Å². The molecule has 1 atom stereocenters. The highest BCUT2D eigenvalue weighted by Gasteiger charge is 2.53. The third-order valence-electron chi connectivity index (χ3n) is 11.1. The van der Waals surface area contributed by atoms with E-state index in [1.807, 2.05) is 6.08 Å². The summed E-state index contributed by atoms with van der Waals surface area (Å²) in [6, 6.07) is 55.9. The van der Waals surface area contributed by atoms with Gasteiger partial charge in [-0.2, -0.15) is 0 Å². The molecule has 1 spiro atoms. The zero-order chi connectivity index (χ0) is 35.1. The van der Waals surface area contributed by atoms with Crippen molar-refractivity contribution in [1.29, 1.82) is 0 Å². The van der Waals surface area contributed by atoms with E-state index in [1.165, 1.54) is 66.9 Å². The van der Waals surface area contributed by atoms with Crippen molar-refractivity contribution < 1.29 is 0 Å². The van der Waals surface area contributed by atoms with Gasteiger partial charge < -0.3 is 4.90 Å². The number of para-hydroxylation sites is 1. The van der Waals surface area contributed by atoms with E-state index in [9.17, 15) is 0 Å². The average molecular weight is 668 g/mol. The number of allylic oxidation sites excluding steroid dienone is 8. The molecule has 0 aromatic heterocycles. The second kappa shape index (κ2) is 13.2. The zero-order valence-electron chi connectivity index (χ0n) is 29.5. The molecule has 6 aromatic carbocycles. The van der Waals surface area contributed by atoms with E-state index >= 15 is 0 Å². The van der Waals surface area contributed by atoms with Crippen LogP contribution in [0.1, 0.15) is 51.3 Å². The van der Waals surface area contributed by atoms with Gasteiger partial charge in [-0.3, -0.25) is 0 Å². The van der Waals surface area contributed by atoms with Crippen LogP contribution in [-0.2, 0) is 11.8 Å². The SMILES string of the molecule is C=C/C=C(\C=C/Cc1ccccc1)N(c1ccc(C)cc1)c1ccccc1C1CC=CC2=C1c1ccccc1C21c2ccccc2-c2ccccc21. The normalized spacial score (nSPS) is 16.5. The maximum atomic E-state index is 4.16. The number of aryl methyl sites for hydroxylation is 1. The Morgan fingerprint density at radius 3 is 1.98 bits per heavy atom. The highest BCUT2D eigenvalue weighted by atomic mass is 15.1. The molecule has 1 nitrogen and oxygen atoms in total. The Bertz CT molecular complexity index is 2390. The van der Waals surface area contributed by atoms with Crippen molar-refractivity contribution in [3.05, 3.63) is 245 Å². The first-order valence-corrected chi connectivity index (χ1v) is 18.4. The quantitative estimate of drug-likeness (QED) is 0.146. The molecule has 9 rings (SSSR count). The molecule has 0 amide bonds. The van der Waals surface area contributed by atoms with Gasteiger partial charge in [0.25, 0.3) is 0 Å². The lowest BCUT2D eigenvalue weighted by molar-refractivity contribution is 0.771. The molecule has 0 fully saturated rings. The number of fused-ring (bicyclic) bond motifs is 9. The van der Waals surface area contributed by atoms with Gasteiger partial charge in [-0.1, -0.05) is 170 Å². The summed E-state index contributed by atoms with van der Waals surface area (Å²) in [6.45, 7) is 6.31. The number of nitrogens with zero attached hydrogens (tertiary/aromatic N) is 1. The molecule has 0 bridgehead atoms. The predicted molar refractivity (Wildman–Crippen MR) is 219 cm³/mol. The number of hydrogen-bond acceptors (Lipinski definition) is 1. The molecule has 1 unspecified atom stereocenters. The first-order valence-electron chi connectivity index (χ1n) is 18.4. The first-order chi connectivity index (χ1) is 25.7. The van der Waals surface area contributed by atoms with E-state index in [1.54, 1.807) is 0 Å². The van der Waals surface area contributed by atoms with Crippen LogP contribution in [0.4, 0.5) is 11.4 Å². The minimum absolute atomic E-state index is 0.155. The second-order valence-corrected chi connectivity index (χ2v) is 14.1. The molecule has 3 aliphatic carbocycles. The molecule has 0 radical (unpaired) electrons. The Morgan fingerprint density at radius 1 is 0.692 bits per heavy atom. The Kier molecular flexibility index (Phi) is 8.05. The van der Waals surface area contributed by atoms with E-state index in [2.05, 4.69) is 200 Å². The van der Waals surface area contributed by atoms with Crippen molar-refractivity contribution in [2.75, 3.05) is 4.90 Å². The van der Waals surface area contributed by atoms with Gasteiger partial charge in [0, 0.05) is 23.0 Å². The Hall–Kier alpha value is -6.18. The smallest absolute Gasteiger partial charge is 0.0722 e. The van der Waals surface area contributed by atoms with Gasteiger partial charge in [0.05, 0.1) is 5.41 Å². The summed E-state index contributed by atoms with van der Waals surface area (Å²) in [4.78, 5) is 2.42. The van der Waals surface area contributed by atoms with Gasteiger partial charge in [-0.25, -0.2) is 0 Å². The van der Waals surface area contributed by atoms with Crippen LogP contribution in [0.3, 0.4) is 0 Å². The van der Waals surface area contributed by atoms with Crippen molar-refractivity contribution in [3.8, 4) is 11.1 Å². The first kappa shape index (κ1) is 31.8. The van der Waals surface area contributed by atoms with Crippen LogP contribution >= 0.6 is 0 Å². The van der Waals surface area contributed by atoms with Crippen LogP contribution in [0, 0.1) is 6.92 Å². The minimum atomic E-state index is -0.353. The molecule has 0 heterocycles. The summed E-state index contributed by atoms with van der Waals surface area (Å²) < 4.78 is 0. The minimum Gasteiger partial charge on any atom is -0.310 e. The van der Waals surface area contributed by atoms with Crippen LogP contribution in [0.2, 0.25) is 0 Å². The standard InChI is InChI=1S/C51H41N/c1-3-17-38(21-15-20-37-18-5-4-6-19-37)52(39-34-32-36(2)33-35-39)49-31-14-10-24-42(49)43-26-16-30-48-50(43)44-25-9-13-29-47(44)51(48)45-27-11-7-22-40(45)41-23-8-12-28-46(41)51/h3-19,21-25,27-35,43H,1,20,26H2,2H3/b21-15-,38-17+. The van der Waals surface area contributed by atoms with Crippen LogP contribution in [0.25, 0.3) is 16.7 Å². The largest absolute Gasteiger partial charge is 0.310 e. The zero-order valence-corrected chi connectivity index (χ0v) is 29.5.